The van der Waals surface area contributed by atoms with E-state index in [4.69, 9.17) is 9.73 Å². The van der Waals surface area contributed by atoms with Crippen LogP contribution in [0.2, 0.25) is 25.7 Å². The van der Waals surface area contributed by atoms with Crippen LogP contribution < -0.4 is 0 Å². The minimum atomic E-state index is -1.48. The first-order chi connectivity index (χ1) is 16.7. The van der Waals surface area contributed by atoms with E-state index in [0.29, 0.717) is 11.1 Å². The Kier molecular flexibility index (Phi) is 7.76. The Hall–Kier alpha value is -0.623. The number of aliphatic imine (C=N–C) groups is 1. The Labute approximate surface area is 230 Å². The summed E-state index contributed by atoms with van der Waals surface area (Å²) in [6.07, 6.45) is -2.02. The van der Waals surface area contributed by atoms with Crippen LogP contribution in [-0.4, -0.2) is 65.1 Å². The number of hydrogen-bond donors (Lipinski definition) is 1. The highest BCUT2D eigenvalue weighted by molar-refractivity contribution is 9.10. The molecule has 1 amide bonds. The number of amidine groups is 1. The number of carboxylic acid groups (broad SMARTS) is 1. The Morgan fingerprint density at radius 2 is 2.08 bits per heavy atom. The molecule has 3 aliphatic rings. The first kappa shape index (κ1) is 28.4. The van der Waals surface area contributed by atoms with Gasteiger partial charge in [-0.05, 0) is 35.9 Å². The topological polar surface area (TPSA) is 62.1 Å². The van der Waals surface area contributed by atoms with Gasteiger partial charge in [0.25, 0.3) is 0 Å². The summed E-state index contributed by atoms with van der Waals surface area (Å²) < 4.78 is 37.0. The summed E-state index contributed by atoms with van der Waals surface area (Å²) in [5.41, 5.74) is -1.87. The van der Waals surface area contributed by atoms with Gasteiger partial charge in [0.15, 0.2) is 5.17 Å². The van der Waals surface area contributed by atoms with Crippen LogP contribution in [-0.2, 0) is 10.3 Å². The fraction of sp³-hybridized carbons (Fsp3) is 0.680. The highest BCUT2D eigenvalue weighted by atomic mass is 79.9. The number of hydrogen-bond acceptors (Lipinski definition) is 5. The molecule has 1 aromatic rings. The molecule has 5 nitrogen and oxygen atoms in total. The van der Waals surface area contributed by atoms with Crippen LogP contribution in [0.25, 0.3) is 0 Å². The third-order valence-electron chi connectivity index (χ3n) is 7.28. The maximum absolute atomic E-state index is 15.2. The molecule has 4 rings (SSSR count). The van der Waals surface area contributed by atoms with Gasteiger partial charge in [0.1, 0.15) is 24.3 Å². The van der Waals surface area contributed by atoms with Crippen molar-refractivity contribution in [1.29, 1.82) is 0 Å². The number of thioether (sulfide) groups is 2. The van der Waals surface area contributed by atoms with Crippen LogP contribution in [0.15, 0.2) is 27.7 Å². The van der Waals surface area contributed by atoms with Gasteiger partial charge in [0.2, 0.25) is 0 Å². The molecule has 200 valence electrons. The molecular weight excluding hydrogens is 586 g/mol. The molecule has 2 unspecified atom stereocenters. The minimum absolute atomic E-state index is 0.138. The Morgan fingerprint density at radius 3 is 2.67 bits per heavy atom. The number of ether oxygens (including phenoxy) is 1. The molecule has 1 spiro atoms. The summed E-state index contributed by atoms with van der Waals surface area (Å²) in [5.74, 6) is 1.01. The summed E-state index contributed by atoms with van der Waals surface area (Å²) in [6, 6.07) is 5.38. The normalized spacial score (nSPS) is 30.3. The van der Waals surface area contributed by atoms with E-state index in [9.17, 15) is 9.90 Å². The van der Waals surface area contributed by atoms with Gasteiger partial charge >= 0.3 is 6.09 Å². The van der Waals surface area contributed by atoms with E-state index in [1.165, 1.54) is 22.7 Å². The predicted octanol–water partition coefficient (Wildman–Crippen LogP) is 7.29. The number of fused-ring (bicyclic) bond motifs is 1. The second kappa shape index (κ2) is 9.84. The number of nitrogens with zero attached hydrogens (tertiary/aromatic N) is 2. The third-order valence-corrected chi connectivity index (χ3v) is 12.5. The number of amides is 1. The van der Waals surface area contributed by atoms with Crippen molar-refractivity contribution in [3.8, 4) is 0 Å². The van der Waals surface area contributed by atoms with Crippen LogP contribution in [0.1, 0.15) is 26.3 Å². The van der Waals surface area contributed by atoms with E-state index in [0.717, 1.165) is 17.5 Å². The molecule has 0 bridgehead atoms. The average Bonchev–Trinajstić information content (AvgIpc) is 3.22. The van der Waals surface area contributed by atoms with Crippen molar-refractivity contribution in [2.45, 2.75) is 63.0 Å². The van der Waals surface area contributed by atoms with Crippen LogP contribution >= 0.6 is 39.5 Å². The molecule has 36 heavy (non-hydrogen) atoms. The summed E-state index contributed by atoms with van der Waals surface area (Å²) in [4.78, 5) is 18.8. The lowest BCUT2D eigenvalue weighted by Crippen LogP contribution is -2.54. The molecule has 1 saturated carbocycles. The van der Waals surface area contributed by atoms with Crippen molar-refractivity contribution in [2.24, 2.45) is 22.2 Å². The van der Waals surface area contributed by atoms with Gasteiger partial charge in [-0.25, -0.2) is 23.5 Å². The fourth-order valence-corrected chi connectivity index (χ4v) is 10.3. The molecule has 1 aromatic carbocycles. The second-order valence-corrected chi connectivity index (χ2v) is 21.2. The van der Waals surface area contributed by atoms with E-state index in [2.05, 4.69) is 35.6 Å². The van der Waals surface area contributed by atoms with Gasteiger partial charge in [0.05, 0.1) is 0 Å². The minimum Gasteiger partial charge on any atom is -0.465 e. The van der Waals surface area contributed by atoms with Crippen LogP contribution in [0.3, 0.4) is 0 Å². The van der Waals surface area contributed by atoms with Crippen molar-refractivity contribution in [2.75, 3.05) is 24.8 Å². The number of benzene rings is 1. The van der Waals surface area contributed by atoms with E-state index < -0.39 is 43.8 Å². The molecule has 1 aliphatic carbocycles. The van der Waals surface area contributed by atoms with Gasteiger partial charge < -0.3 is 9.84 Å². The van der Waals surface area contributed by atoms with Gasteiger partial charge in [0, 0.05) is 46.5 Å². The summed E-state index contributed by atoms with van der Waals surface area (Å²) >= 11 is 6.61. The molecule has 2 heterocycles. The molecule has 1 N–H and O–H groups in total. The second-order valence-electron chi connectivity index (χ2n) is 12.3. The summed E-state index contributed by atoms with van der Waals surface area (Å²) in [6.45, 7) is 12.0. The smallest absolute Gasteiger partial charge is 0.415 e. The predicted molar refractivity (Wildman–Crippen MR) is 151 cm³/mol. The maximum atomic E-state index is 15.2. The van der Waals surface area contributed by atoms with Crippen molar-refractivity contribution >= 4 is 58.8 Å². The number of alkyl halides is 1. The lowest BCUT2D eigenvalue weighted by molar-refractivity contribution is -0.0761. The van der Waals surface area contributed by atoms with Crippen LogP contribution in [0.5, 0.6) is 0 Å². The van der Waals surface area contributed by atoms with E-state index in [1.54, 1.807) is 23.9 Å². The molecule has 0 radical (unpaired) electrons. The lowest BCUT2D eigenvalue weighted by Gasteiger charge is -2.43. The average molecular weight is 622 g/mol. The van der Waals surface area contributed by atoms with E-state index in [1.807, 2.05) is 20.8 Å². The molecule has 0 aromatic heterocycles. The SMILES string of the molecule is CC(C)(C)C(OCC[Si](C)(C)C)N(C(=O)O)C1=N[C@](CF)(c2cc(Br)ccc2F)[C@@H]2C3CSC[C@]32S1. The van der Waals surface area contributed by atoms with Crippen LogP contribution in [0.4, 0.5) is 13.6 Å². The third kappa shape index (κ3) is 5.03. The molecule has 2 aliphatic heterocycles. The quantitative estimate of drug-likeness (QED) is 0.256. The summed E-state index contributed by atoms with van der Waals surface area (Å²) in [5, 5.41) is 10.7. The Balaban J connectivity index is 1.82. The van der Waals surface area contributed by atoms with E-state index in [-0.39, 0.29) is 27.3 Å². The molecule has 2 fully saturated rings. The molecule has 1 saturated heterocycles. The largest absolute Gasteiger partial charge is 0.465 e. The van der Waals surface area contributed by atoms with Crippen molar-refractivity contribution in [3.63, 3.8) is 0 Å². The Bertz CT molecular complexity index is 1070. The summed E-state index contributed by atoms with van der Waals surface area (Å²) in [7, 11) is -1.42. The zero-order chi connectivity index (χ0) is 26.7. The first-order valence-corrected chi connectivity index (χ1v) is 18.7. The van der Waals surface area contributed by atoms with Crippen molar-refractivity contribution < 1.29 is 23.4 Å². The first-order valence-electron chi connectivity index (χ1n) is 12.2. The highest BCUT2D eigenvalue weighted by Gasteiger charge is 2.77. The monoisotopic (exact) mass is 620 g/mol. The Morgan fingerprint density at radius 1 is 1.39 bits per heavy atom. The lowest BCUT2D eigenvalue weighted by atomic mass is 9.84. The highest BCUT2D eigenvalue weighted by Crippen LogP contribution is 2.75. The van der Waals surface area contributed by atoms with Crippen molar-refractivity contribution in [1.82, 2.24) is 4.90 Å². The molecule has 11 heteroatoms. The number of carbonyl (C=O) groups is 1. The van der Waals surface area contributed by atoms with Gasteiger partial charge in [-0.15, -0.1) is 0 Å². The number of halogens is 3. The molecular formula is C25H35BrF2N2O3S2Si. The van der Waals surface area contributed by atoms with Gasteiger partial charge in [-0.3, -0.25) is 0 Å². The fourth-order valence-electron chi connectivity index (χ4n) is 5.43. The van der Waals surface area contributed by atoms with Crippen LogP contribution in [0, 0.1) is 23.1 Å². The van der Waals surface area contributed by atoms with Gasteiger partial charge in [-0.1, -0.05) is 68.1 Å². The zero-order valence-electron chi connectivity index (χ0n) is 21.6. The number of rotatable bonds is 7. The standard InChI is InChI=1S/C25H35BrF2N2O3S2Si/c1-23(2,3)20(33-9-10-36(4,5)6)30(22(31)32)21-29-24(13-27,16-11-15(26)7-8-18(16)28)19-17-12-34-14-25(17,19)35-21/h7-8,11,17,19-20H,9-10,12-14H2,1-6H3,(H,31,32)/t17?,19-,20?,24+,25-/m0/s1. The van der Waals surface area contributed by atoms with Gasteiger partial charge in [-0.2, -0.15) is 11.8 Å². The van der Waals surface area contributed by atoms with E-state index >= 15 is 8.78 Å². The van der Waals surface area contributed by atoms with Crippen molar-refractivity contribution in [3.05, 3.63) is 34.1 Å². The zero-order valence-corrected chi connectivity index (χ0v) is 25.8. The molecule has 5 atom stereocenters. The maximum Gasteiger partial charge on any atom is 0.415 e.